The van der Waals surface area contributed by atoms with Gasteiger partial charge >= 0.3 is 5.97 Å². The Kier molecular flexibility index (Phi) is 3.85. The molecule has 0 unspecified atom stereocenters. The highest BCUT2D eigenvalue weighted by Gasteiger charge is 2.36. The molecule has 1 aliphatic rings. The SMILES string of the molecule is C[C@H](C#N)OC(=O)[C@H]1CC(=O)N(Cc2ccco2)C1. The van der Waals surface area contributed by atoms with Crippen LogP contribution in [0.25, 0.3) is 0 Å². The minimum atomic E-state index is -0.790. The predicted molar refractivity (Wildman–Crippen MR) is 63.4 cm³/mol. The van der Waals surface area contributed by atoms with E-state index in [2.05, 4.69) is 0 Å². The highest BCUT2D eigenvalue weighted by atomic mass is 16.5. The normalized spacial score (nSPS) is 20.1. The van der Waals surface area contributed by atoms with Crippen molar-refractivity contribution in [1.82, 2.24) is 4.90 Å². The highest BCUT2D eigenvalue weighted by molar-refractivity contribution is 5.86. The van der Waals surface area contributed by atoms with Gasteiger partial charge in [-0.3, -0.25) is 9.59 Å². The molecule has 0 spiro atoms. The van der Waals surface area contributed by atoms with Crippen LogP contribution in [-0.4, -0.2) is 29.4 Å². The summed E-state index contributed by atoms with van der Waals surface area (Å²) in [6.07, 6.45) is 0.871. The number of esters is 1. The van der Waals surface area contributed by atoms with Crippen molar-refractivity contribution in [2.45, 2.75) is 26.0 Å². The van der Waals surface area contributed by atoms with Gasteiger partial charge in [-0.2, -0.15) is 5.26 Å². The van der Waals surface area contributed by atoms with Crippen molar-refractivity contribution in [3.63, 3.8) is 0 Å². The molecule has 19 heavy (non-hydrogen) atoms. The number of ether oxygens (including phenoxy) is 1. The van der Waals surface area contributed by atoms with Gasteiger partial charge in [-0.25, -0.2) is 0 Å². The van der Waals surface area contributed by atoms with E-state index in [1.165, 1.54) is 13.2 Å². The van der Waals surface area contributed by atoms with Crippen LogP contribution >= 0.6 is 0 Å². The molecule has 100 valence electrons. The van der Waals surface area contributed by atoms with E-state index < -0.39 is 18.0 Å². The molecule has 0 bridgehead atoms. The second-order valence-corrected chi connectivity index (χ2v) is 4.46. The van der Waals surface area contributed by atoms with Crippen molar-refractivity contribution >= 4 is 11.9 Å². The molecule has 1 aliphatic heterocycles. The summed E-state index contributed by atoms with van der Waals surface area (Å²) in [6.45, 7) is 2.15. The summed E-state index contributed by atoms with van der Waals surface area (Å²) in [5.41, 5.74) is 0. The van der Waals surface area contributed by atoms with Gasteiger partial charge in [0, 0.05) is 13.0 Å². The number of likely N-dealkylation sites (tertiary alicyclic amines) is 1. The third kappa shape index (κ3) is 3.13. The topological polar surface area (TPSA) is 83.5 Å². The standard InChI is InChI=1S/C13H14N2O4/c1-9(6-14)19-13(17)10-5-12(16)15(7-10)8-11-3-2-4-18-11/h2-4,9-10H,5,7-8H2,1H3/t9-,10+/m1/s1. The van der Waals surface area contributed by atoms with Crippen molar-refractivity contribution < 1.29 is 18.7 Å². The molecule has 2 atom stereocenters. The van der Waals surface area contributed by atoms with Crippen molar-refractivity contribution in [2.75, 3.05) is 6.54 Å². The molecule has 2 heterocycles. The number of hydrogen-bond acceptors (Lipinski definition) is 5. The summed E-state index contributed by atoms with van der Waals surface area (Å²) in [6, 6.07) is 5.34. The third-order valence-electron chi connectivity index (χ3n) is 2.95. The summed E-state index contributed by atoms with van der Waals surface area (Å²) >= 11 is 0. The van der Waals surface area contributed by atoms with E-state index in [1.807, 2.05) is 6.07 Å². The quantitative estimate of drug-likeness (QED) is 0.758. The first kappa shape index (κ1) is 13.1. The van der Waals surface area contributed by atoms with E-state index in [9.17, 15) is 9.59 Å². The summed E-state index contributed by atoms with van der Waals surface area (Å²) in [5.74, 6) is -0.432. The maximum Gasteiger partial charge on any atom is 0.312 e. The lowest BCUT2D eigenvalue weighted by molar-refractivity contribution is -0.150. The Morgan fingerprint density at radius 3 is 3.16 bits per heavy atom. The van der Waals surface area contributed by atoms with Gasteiger partial charge in [0.25, 0.3) is 0 Å². The molecule has 6 nitrogen and oxygen atoms in total. The van der Waals surface area contributed by atoms with Crippen LogP contribution in [-0.2, 0) is 20.9 Å². The first-order valence-corrected chi connectivity index (χ1v) is 6.00. The molecule has 0 aliphatic carbocycles. The zero-order valence-electron chi connectivity index (χ0n) is 10.5. The molecule has 1 amide bonds. The van der Waals surface area contributed by atoms with E-state index in [-0.39, 0.29) is 12.3 Å². The molecule has 2 rings (SSSR count). The van der Waals surface area contributed by atoms with Crippen LogP contribution in [0, 0.1) is 17.2 Å². The zero-order chi connectivity index (χ0) is 13.8. The molecule has 0 N–H and O–H groups in total. The minimum absolute atomic E-state index is 0.108. The molecule has 1 saturated heterocycles. The van der Waals surface area contributed by atoms with Crippen LogP contribution in [0.3, 0.4) is 0 Å². The van der Waals surface area contributed by atoms with E-state index in [4.69, 9.17) is 14.4 Å². The van der Waals surface area contributed by atoms with Crippen LogP contribution in [0.1, 0.15) is 19.1 Å². The second kappa shape index (κ2) is 5.57. The Hall–Kier alpha value is -2.29. The highest BCUT2D eigenvalue weighted by Crippen LogP contribution is 2.21. The Morgan fingerprint density at radius 1 is 1.74 bits per heavy atom. The fourth-order valence-corrected chi connectivity index (χ4v) is 1.97. The lowest BCUT2D eigenvalue weighted by atomic mass is 10.1. The smallest absolute Gasteiger partial charge is 0.312 e. The molecule has 0 radical (unpaired) electrons. The average molecular weight is 262 g/mol. The number of nitriles is 1. The maximum absolute atomic E-state index is 11.8. The minimum Gasteiger partial charge on any atom is -0.467 e. The van der Waals surface area contributed by atoms with Crippen molar-refractivity contribution in [3.8, 4) is 6.07 Å². The fourth-order valence-electron chi connectivity index (χ4n) is 1.97. The molecular weight excluding hydrogens is 248 g/mol. The fraction of sp³-hybridized carbons (Fsp3) is 0.462. The van der Waals surface area contributed by atoms with Crippen LogP contribution in [0.15, 0.2) is 22.8 Å². The third-order valence-corrected chi connectivity index (χ3v) is 2.95. The average Bonchev–Trinajstić information content (AvgIpc) is 3.00. The Balaban J connectivity index is 1.92. The molecular formula is C13H14N2O4. The first-order chi connectivity index (χ1) is 9.10. The summed E-state index contributed by atoms with van der Waals surface area (Å²) in [4.78, 5) is 25.1. The van der Waals surface area contributed by atoms with Crippen LogP contribution in [0.5, 0.6) is 0 Å². The number of carbonyl (C=O) groups is 2. The van der Waals surface area contributed by atoms with E-state index in [0.717, 1.165) is 0 Å². The van der Waals surface area contributed by atoms with Gasteiger partial charge in [-0.1, -0.05) is 0 Å². The van der Waals surface area contributed by atoms with Crippen LogP contribution in [0.2, 0.25) is 0 Å². The number of nitrogens with zero attached hydrogens (tertiary/aromatic N) is 2. The largest absolute Gasteiger partial charge is 0.467 e. The lowest BCUT2D eigenvalue weighted by Crippen LogP contribution is -2.27. The van der Waals surface area contributed by atoms with Gasteiger partial charge in [0.15, 0.2) is 6.10 Å². The van der Waals surface area contributed by atoms with Gasteiger partial charge in [0.05, 0.1) is 18.7 Å². The summed E-state index contributed by atoms with van der Waals surface area (Å²) in [7, 11) is 0. The van der Waals surface area contributed by atoms with Crippen LogP contribution in [0.4, 0.5) is 0 Å². The van der Waals surface area contributed by atoms with Gasteiger partial charge in [0.1, 0.15) is 11.8 Å². The van der Waals surface area contributed by atoms with Gasteiger partial charge in [0.2, 0.25) is 5.91 Å². The Bertz CT molecular complexity index is 503. The monoisotopic (exact) mass is 262 g/mol. The molecule has 0 saturated carbocycles. The Morgan fingerprint density at radius 2 is 2.53 bits per heavy atom. The van der Waals surface area contributed by atoms with Crippen LogP contribution < -0.4 is 0 Å². The summed E-state index contributed by atoms with van der Waals surface area (Å²) < 4.78 is 10.1. The molecule has 1 aromatic rings. The van der Waals surface area contributed by atoms with Gasteiger partial charge in [-0.05, 0) is 19.1 Å². The molecule has 6 heteroatoms. The van der Waals surface area contributed by atoms with Gasteiger partial charge < -0.3 is 14.1 Å². The number of amides is 1. The molecule has 1 fully saturated rings. The van der Waals surface area contributed by atoms with E-state index in [0.29, 0.717) is 18.8 Å². The number of rotatable bonds is 4. The molecule has 1 aromatic heterocycles. The van der Waals surface area contributed by atoms with Crippen molar-refractivity contribution in [3.05, 3.63) is 24.2 Å². The number of carbonyl (C=O) groups excluding carboxylic acids is 2. The van der Waals surface area contributed by atoms with E-state index in [1.54, 1.807) is 17.0 Å². The maximum atomic E-state index is 11.8. The number of hydrogen-bond donors (Lipinski definition) is 0. The lowest BCUT2D eigenvalue weighted by Gasteiger charge is -2.15. The van der Waals surface area contributed by atoms with Crippen molar-refractivity contribution in [2.24, 2.45) is 5.92 Å². The zero-order valence-corrected chi connectivity index (χ0v) is 10.5. The first-order valence-electron chi connectivity index (χ1n) is 6.00. The predicted octanol–water partition coefficient (Wildman–Crippen LogP) is 1.08. The van der Waals surface area contributed by atoms with E-state index >= 15 is 0 Å². The number of furan rings is 1. The molecule has 0 aromatic carbocycles. The van der Waals surface area contributed by atoms with Crippen molar-refractivity contribution in [1.29, 1.82) is 5.26 Å². The Labute approximate surface area is 110 Å². The second-order valence-electron chi connectivity index (χ2n) is 4.46. The van der Waals surface area contributed by atoms with Gasteiger partial charge in [-0.15, -0.1) is 0 Å². The summed E-state index contributed by atoms with van der Waals surface area (Å²) in [5, 5.41) is 8.58.